The molecule has 0 N–H and O–H groups in total. The van der Waals surface area contributed by atoms with Crippen LogP contribution >= 0.6 is 7.82 Å². The largest absolute Gasteiger partial charge is 0.756 e. The molecule has 0 heterocycles. The van der Waals surface area contributed by atoms with Gasteiger partial charge in [0.1, 0.15) is 19.8 Å². The van der Waals surface area contributed by atoms with Crippen molar-refractivity contribution in [3.63, 3.8) is 0 Å². The fourth-order valence-electron chi connectivity index (χ4n) is 8.03. The third-order valence-corrected chi connectivity index (χ3v) is 13.6. The Kier molecular flexibility index (Phi) is 52.4. The van der Waals surface area contributed by atoms with Crippen molar-refractivity contribution in [2.75, 3.05) is 47.5 Å². The summed E-state index contributed by atoms with van der Waals surface area (Å²) in [6.07, 6.45) is 74.5. The fourth-order valence-corrected chi connectivity index (χ4v) is 8.75. The van der Waals surface area contributed by atoms with Gasteiger partial charge >= 0.3 is 11.9 Å². The highest BCUT2D eigenvalue weighted by Gasteiger charge is 2.22. The smallest absolute Gasteiger partial charge is 0.306 e. The number of unbranched alkanes of at least 4 members (excludes halogenated alkanes) is 24. The van der Waals surface area contributed by atoms with Gasteiger partial charge in [0.15, 0.2) is 6.10 Å². The first-order valence-electron chi connectivity index (χ1n) is 29.9. The normalized spacial score (nSPS) is 14.0. The van der Waals surface area contributed by atoms with E-state index in [0.29, 0.717) is 17.4 Å². The quantitative estimate of drug-likeness (QED) is 0.0195. The lowest BCUT2D eigenvalue weighted by Gasteiger charge is -2.28. The molecule has 0 bridgehead atoms. The minimum atomic E-state index is -4.64. The summed E-state index contributed by atoms with van der Waals surface area (Å²) in [7, 11) is 1.16. The Labute approximate surface area is 455 Å². The van der Waals surface area contributed by atoms with Crippen LogP contribution in [0.1, 0.15) is 245 Å². The van der Waals surface area contributed by atoms with Crippen molar-refractivity contribution in [1.29, 1.82) is 0 Å². The van der Waals surface area contributed by atoms with E-state index in [9.17, 15) is 19.0 Å². The first kappa shape index (κ1) is 70.9. The molecule has 0 aliphatic carbocycles. The summed E-state index contributed by atoms with van der Waals surface area (Å²) in [5.41, 5.74) is 0. The number of hydrogen-bond donors (Lipinski definition) is 0. The number of esters is 2. The molecule has 2 unspecified atom stereocenters. The fraction of sp³-hybridized carbons (Fsp3) is 0.719. The van der Waals surface area contributed by atoms with E-state index in [-0.39, 0.29) is 32.0 Å². The number of likely N-dealkylation sites (N-methyl/N-ethyl adjacent to an activating group) is 1. The molecule has 0 rings (SSSR count). The summed E-state index contributed by atoms with van der Waals surface area (Å²) in [5, 5.41) is 0. The molecule has 426 valence electrons. The van der Waals surface area contributed by atoms with Gasteiger partial charge in [-0.1, -0.05) is 252 Å². The van der Waals surface area contributed by atoms with Gasteiger partial charge in [0.05, 0.1) is 27.7 Å². The van der Waals surface area contributed by atoms with Gasteiger partial charge in [0, 0.05) is 12.8 Å². The van der Waals surface area contributed by atoms with Crippen LogP contribution in [-0.4, -0.2) is 70.0 Å². The molecular formula is C64H112NO8P. The molecule has 0 aromatic heterocycles. The molecule has 0 aliphatic rings. The number of phosphoric ester groups is 1. The molecule has 0 spiro atoms. The highest BCUT2D eigenvalue weighted by molar-refractivity contribution is 7.45. The van der Waals surface area contributed by atoms with Crippen LogP contribution in [0.5, 0.6) is 0 Å². The number of nitrogens with zero attached hydrogens (tertiary/aromatic N) is 1. The van der Waals surface area contributed by atoms with E-state index in [1.807, 2.05) is 21.1 Å². The number of carbonyl (C=O) groups excluding carboxylic acids is 2. The SMILES string of the molecule is CC/C=C\C/C=C\C/C=C\C/C=C\C/C=C\C/C=C\C/C=C\C/C=C\CCCCCCCCCCC(=O)OC(COC(=O)CCCCCCCCCCCCCCCCCCC)COP(=O)([O-])OCC[N+](C)(C)C. The van der Waals surface area contributed by atoms with Crippen LogP contribution in [0.3, 0.4) is 0 Å². The average Bonchev–Trinajstić information content (AvgIpc) is 3.36. The Morgan fingerprint density at radius 3 is 1.15 bits per heavy atom. The van der Waals surface area contributed by atoms with Gasteiger partial charge in [-0.25, -0.2) is 0 Å². The number of rotatable bonds is 54. The van der Waals surface area contributed by atoms with Gasteiger partial charge in [0.2, 0.25) is 0 Å². The van der Waals surface area contributed by atoms with Gasteiger partial charge in [-0.05, 0) is 77.0 Å². The first-order chi connectivity index (χ1) is 36.0. The Balaban J connectivity index is 4.17. The van der Waals surface area contributed by atoms with E-state index in [1.165, 1.54) is 116 Å². The van der Waals surface area contributed by atoms with Crippen molar-refractivity contribution in [2.24, 2.45) is 0 Å². The Bertz CT molecular complexity index is 1570. The maximum absolute atomic E-state index is 12.8. The highest BCUT2D eigenvalue weighted by Crippen LogP contribution is 2.38. The average molecular weight is 1050 g/mol. The van der Waals surface area contributed by atoms with Crippen molar-refractivity contribution in [2.45, 2.75) is 251 Å². The van der Waals surface area contributed by atoms with Crippen LogP contribution in [0.4, 0.5) is 0 Å². The summed E-state index contributed by atoms with van der Waals surface area (Å²) in [6.45, 7) is 4.13. The van der Waals surface area contributed by atoms with E-state index in [0.717, 1.165) is 96.3 Å². The second-order valence-electron chi connectivity index (χ2n) is 21.0. The van der Waals surface area contributed by atoms with Gasteiger partial charge in [-0.15, -0.1) is 0 Å². The monoisotopic (exact) mass is 1050 g/mol. The Morgan fingerprint density at radius 2 is 0.770 bits per heavy atom. The maximum atomic E-state index is 12.8. The predicted octanol–water partition coefficient (Wildman–Crippen LogP) is 18.2. The second kappa shape index (κ2) is 54.7. The molecule has 0 radical (unpaired) electrons. The summed E-state index contributed by atoms with van der Waals surface area (Å²) in [6, 6.07) is 0. The van der Waals surface area contributed by atoms with Crippen molar-refractivity contribution >= 4 is 19.8 Å². The molecule has 0 amide bonds. The van der Waals surface area contributed by atoms with Crippen LogP contribution in [0.2, 0.25) is 0 Å². The molecule has 0 saturated carbocycles. The molecule has 0 aromatic carbocycles. The number of allylic oxidation sites excluding steroid dienone is 16. The standard InChI is InChI=1S/C64H112NO8P/c1-6-8-10-12-14-16-18-20-22-24-25-26-27-28-29-30-31-32-33-34-35-36-37-38-39-41-43-45-47-49-51-53-55-57-64(67)73-62(61-72-74(68,69)71-59-58-65(3,4)5)60-70-63(66)56-54-52-50-48-46-44-42-40-23-21-19-17-15-13-11-9-7-2/h8,10,14,16,20,22,25-26,28-29,31-32,34-35,37-38,62H,6-7,9,11-13,15,17-19,21,23-24,27,30,33,36,39-61H2,1-5H3/b10-8-,16-14-,22-20-,26-25-,29-28-,32-31-,35-34-,38-37-. The van der Waals surface area contributed by atoms with Crippen molar-refractivity contribution in [3.05, 3.63) is 97.2 Å². The first-order valence-corrected chi connectivity index (χ1v) is 31.4. The lowest BCUT2D eigenvalue weighted by molar-refractivity contribution is -0.870. The second-order valence-corrected chi connectivity index (χ2v) is 22.4. The van der Waals surface area contributed by atoms with Crippen LogP contribution in [0.15, 0.2) is 97.2 Å². The van der Waals surface area contributed by atoms with E-state index in [4.69, 9.17) is 18.5 Å². The Morgan fingerprint density at radius 1 is 0.432 bits per heavy atom. The molecule has 0 aromatic rings. The van der Waals surface area contributed by atoms with Gasteiger partial charge in [-0.3, -0.25) is 14.2 Å². The minimum absolute atomic E-state index is 0.0356. The molecule has 0 aliphatic heterocycles. The molecule has 0 fully saturated rings. The van der Waals surface area contributed by atoms with Crippen molar-refractivity contribution in [3.8, 4) is 0 Å². The molecular weight excluding hydrogens is 942 g/mol. The summed E-state index contributed by atoms with van der Waals surface area (Å²) in [4.78, 5) is 37.9. The van der Waals surface area contributed by atoms with Gasteiger partial charge in [0.25, 0.3) is 7.82 Å². The number of quaternary nitrogens is 1. The number of phosphoric acid groups is 1. The third kappa shape index (κ3) is 58.2. The molecule has 9 nitrogen and oxygen atoms in total. The highest BCUT2D eigenvalue weighted by atomic mass is 31.2. The van der Waals surface area contributed by atoms with Crippen molar-refractivity contribution < 1.29 is 42.1 Å². The predicted molar refractivity (Wildman–Crippen MR) is 314 cm³/mol. The molecule has 10 heteroatoms. The van der Waals surface area contributed by atoms with E-state index in [1.54, 1.807) is 0 Å². The molecule has 0 saturated heterocycles. The van der Waals surface area contributed by atoms with E-state index >= 15 is 0 Å². The number of hydrogen-bond acceptors (Lipinski definition) is 8. The van der Waals surface area contributed by atoms with Crippen LogP contribution < -0.4 is 4.89 Å². The lowest BCUT2D eigenvalue weighted by atomic mass is 10.0. The van der Waals surface area contributed by atoms with Crippen molar-refractivity contribution in [1.82, 2.24) is 0 Å². The molecule has 74 heavy (non-hydrogen) atoms. The van der Waals surface area contributed by atoms with Crippen LogP contribution in [-0.2, 0) is 32.7 Å². The summed E-state index contributed by atoms with van der Waals surface area (Å²) < 4.78 is 34.2. The van der Waals surface area contributed by atoms with Gasteiger partial charge < -0.3 is 27.9 Å². The maximum Gasteiger partial charge on any atom is 0.306 e. The topological polar surface area (TPSA) is 111 Å². The zero-order valence-corrected chi connectivity index (χ0v) is 49.2. The summed E-state index contributed by atoms with van der Waals surface area (Å²) in [5.74, 6) is -0.840. The lowest BCUT2D eigenvalue weighted by Crippen LogP contribution is -2.37. The van der Waals surface area contributed by atoms with Crippen LogP contribution in [0, 0.1) is 0 Å². The number of ether oxygens (including phenoxy) is 2. The van der Waals surface area contributed by atoms with E-state index < -0.39 is 26.5 Å². The minimum Gasteiger partial charge on any atom is -0.756 e. The third-order valence-electron chi connectivity index (χ3n) is 12.6. The zero-order chi connectivity index (χ0) is 54.2. The van der Waals surface area contributed by atoms with E-state index in [2.05, 4.69) is 111 Å². The summed E-state index contributed by atoms with van der Waals surface area (Å²) >= 11 is 0. The molecule has 2 atom stereocenters. The zero-order valence-electron chi connectivity index (χ0n) is 48.3. The number of carbonyl (C=O) groups is 2. The van der Waals surface area contributed by atoms with Crippen LogP contribution in [0.25, 0.3) is 0 Å². The van der Waals surface area contributed by atoms with Gasteiger partial charge in [-0.2, -0.15) is 0 Å². The Hall–Kier alpha value is -3.07.